The predicted molar refractivity (Wildman–Crippen MR) is 109 cm³/mol. The van der Waals surface area contributed by atoms with Crippen LogP contribution in [0.5, 0.6) is 0 Å². The summed E-state index contributed by atoms with van der Waals surface area (Å²) in [5.41, 5.74) is 1.70. The van der Waals surface area contributed by atoms with Crippen LogP contribution in [0.4, 0.5) is 5.13 Å². The highest BCUT2D eigenvalue weighted by Gasteiger charge is 2.44. The van der Waals surface area contributed by atoms with Crippen LogP contribution in [-0.2, 0) is 27.2 Å². The average molecular weight is 413 g/mol. The number of carboxylic acid groups (broad SMARTS) is 1. The highest BCUT2D eigenvalue weighted by atomic mass is 32.1. The number of imide groups is 1. The number of aromatic nitrogens is 1. The van der Waals surface area contributed by atoms with E-state index in [0.29, 0.717) is 11.6 Å². The molecule has 0 spiro atoms. The van der Waals surface area contributed by atoms with Gasteiger partial charge < -0.3 is 5.11 Å². The first-order valence-corrected chi connectivity index (χ1v) is 10.7. The van der Waals surface area contributed by atoms with Gasteiger partial charge in [0.25, 0.3) is 5.91 Å². The third-order valence-electron chi connectivity index (χ3n) is 5.64. The number of nitrogens with zero attached hydrogens (tertiary/aromatic N) is 3. The standard InChI is InChI=1S/C21H23N3O4S/c25-18-12-17(20(28)24(18)21-22-16(13-29-21)11-19(26)27)23-8-6-15(7-9-23)10-14-4-2-1-3-5-14/h1-5,13,15,17H,6-12H2,(H,26,27). The predicted octanol–water partition coefficient (Wildman–Crippen LogP) is 2.36. The molecule has 0 bridgehead atoms. The number of thiazole rings is 1. The summed E-state index contributed by atoms with van der Waals surface area (Å²) in [6, 6.07) is 10.00. The number of benzene rings is 1. The van der Waals surface area contributed by atoms with Crippen molar-refractivity contribution in [3.05, 3.63) is 47.0 Å². The molecule has 1 unspecified atom stereocenters. The maximum Gasteiger partial charge on any atom is 0.309 e. The quantitative estimate of drug-likeness (QED) is 0.731. The third kappa shape index (κ3) is 4.38. The van der Waals surface area contributed by atoms with Gasteiger partial charge in [0.05, 0.1) is 24.6 Å². The van der Waals surface area contributed by atoms with Crippen molar-refractivity contribution < 1.29 is 19.5 Å². The molecule has 1 aromatic carbocycles. The first-order chi connectivity index (χ1) is 14.0. The van der Waals surface area contributed by atoms with E-state index in [1.807, 2.05) is 6.07 Å². The van der Waals surface area contributed by atoms with E-state index in [1.165, 1.54) is 5.56 Å². The van der Waals surface area contributed by atoms with Crippen molar-refractivity contribution in [2.75, 3.05) is 18.0 Å². The lowest BCUT2D eigenvalue weighted by molar-refractivity contribution is -0.136. The molecule has 2 aliphatic rings. The second-order valence-corrected chi connectivity index (χ2v) is 8.48. The lowest BCUT2D eigenvalue weighted by Gasteiger charge is -2.34. The van der Waals surface area contributed by atoms with E-state index >= 15 is 0 Å². The molecule has 2 amide bonds. The monoisotopic (exact) mass is 413 g/mol. The number of anilines is 1. The molecule has 152 valence electrons. The van der Waals surface area contributed by atoms with Crippen molar-refractivity contribution in [3.8, 4) is 0 Å². The van der Waals surface area contributed by atoms with E-state index in [2.05, 4.69) is 34.1 Å². The van der Waals surface area contributed by atoms with Gasteiger partial charge in [0.15, 0.2) is 5.13 Å². The summed E-state index contributed by atoms with van der Waals surface area (Å²) in [4.78, 5) is 43.7. The number of carboxylic acids is 1. The van der Waals surface area contributed by atoms with Gasteiger partial charge in [-0.15, -0.1) is 11.3 Å². The van der Waals surface area contributed by atoms with Crippen LogP contribution in [0.1, 0.15) is 30.5 Å². The van der Waals surface area contributed by atoms with Gasteiger partial charge in [-0.2, -0.15) is 0 Å². The number of rotatable bonds is 6. The van der Waals surface area contributed by atoms with Gasteiger partial charge in [-0.3, -0.25) is 19.3 Å². The van der Waals surface area contributed by atoms with E-state index in [9.17, 15) is 14.4 Å². The number of carbonyl (C=O) groups is 3. The van der Waals surface area contributed by atoms with E-state index < -0.39 is 12.0 Å². The molecule has 29 heavy (non-hydrogen) atoms. The lowest BCUT2D eigenvalue weighted by atomic mass is 9.89. The number of hydrogen-bond acceptors (Lipinski definition) is 6. The Hall–Kier alpha value is -2.58. The molecule has 0 saturated carbocycles. The minimum absolute atomic E-state index is 0.163. The highest BCUT2D eigenvalue weighted by Crippen LogP contribution is 2.31. The number of piperidine rings is 1. The van der Waals surface area contributed by atoms with E-state index in [4.69, 9.17) is 5.11 Å². The van der Waals surface area contributed by atoms with Gasteiger partial charge >= 0.3 is 5.97 Å². The molecule has 2 saturated heterocycles. The summed E-state index contributed by atoms with van der Waals surface area (Å²) >= 11 is 1.14. The van der Waals surface area contributed by atoms with Crippen LogP contribution >= 0.6 is 11.3 Å². The maximum absolute atomic E-state index is 12.9. The van der Waals surface area contributed by atoms with Crippen molar-refractivity contribution in [2.45, 2.75) is 38.1 Å². The zero-order valence-electron chi connectivity index (χ0n) is 16.0. The first kappa shape index (κ1) is 19.7. The Morgan fingerprint density at radius 2 is 1.90 bits per heavy atom. The van der Waals surface area contributed by atoms with E-state index in [1.54, 1.807) is 5.38 Å². The molecule has 1 aromatic heterocycles. The van der Waals surface area contributed by atoms with Crippen LogP contribution < -0.4 is 4.90 Å². The number of carbonyl (C=O) groups excluding carboxylic acids is 2. The Labute approximate surface area is 173 Å². The second kappa shape index (κ2) is 8.42. The Morgan fingerprint density at radius 1 is 1.17 bits per heavy atom. The molecule has 7 nitrogen and oxygen atoms in total. The Kier molecular flexibility index (Phi) is 5.73. The number of hydrogen-bond donors (Lipinski definition) is 1. The molecule has 2 fully saturated rings. The van der Waals surface area contributed by atoms with Crippen LogP contribution in [-0.4, -0.2) is 51.9 Å². The lowest BCUT2D eigenvalue weighted by Crippen LogP contribution is -2.46. The van der Waals surface area contributed by atoms with Crippen molar-refractivity contribution >= 4 is 34.3 Å². The van der Waals surface area contributed by atoms with Gasteiger partial charge in [0.1, 0.15) is 0 Å². The normalized spacial score (nSPS) is 21.1. The molecule has 2 aromatic rings. The maximum atomic E-state index is 12.9. The Bertz CT molecular complexity index is 906. The molecule has 0 aliphatic carbocycles. The number of amides is 2. The smallest absolute Gasteiger partial charge is 0.309 e. The molecular formula is C21H23N3O4S. The summed E-state index contributed by atoms with van der Waals surface area (Å²) in [5.74, 6) is -0.901. The second-order valence-electron chi connectivity index (χ2n) is 7.65. The summed E-state index contributed by atoms with van der Waals surface area (Å²) in [6.45, 7) is 1.61. The Balaban J connectivity index is 1.37. The fraction of sp³-hybridized carbons (Fsp3) is 0.429. The third-order valence-corrected chi connectivity index (χ3v) is 6.52. The van der Waals surface area contributed by atoms with Crippen LogP contribution in [0.3, 0.4) is 0 Å². The molecule has 0 radical (unpaired) electrons. The molecule has 1 atom stereocenters. The topological polar surface area (TPSA) is 90.8 Å². The first-order valence-electron chi connectivity index (χ1n) is 9.82. The van der Waals surface area contributed by atoms with Crippen molar-refractivity contribution in [3.63, 3.8) is 0 Å². The van der Waals surface area contributed by atoms with Crippen LogP contribution in [0.25, 0.3) is 0 Å². The summed E-state index contributed by atoms with van der Waals surface area (Å²) < 4.78 is 0. The molecule has 3 heterocycles. The minimum Gasteiger partial charge on any atom is -0.481 e. The van der Waals surface area contributed by atoms with E-state index in [-0.39, 0.29) is 29.8 Å². The zero-order chi connectivity index (χ0) is 20.4. The SMILES string of the molecule is O=C(O)Cc1csc(N2C(=O)CC(N3CCC(Cc4ccccc4)CC3)C2=O)n1. The fourth-order valence-corrected chi connectivity index (χ4v) is 5.00. The highest BCUT2D eigenvalue weighted by molar-refractivity contribution is 7.14. The van der Waals surface area contributed by atoms with Gasteiger partial charge in [0.2, 0.25) is 5.91 Å². The van der Waals surface area contributed by atoms with Gasteiger partial charge in [-0.25, -0.2) is 9.88 Å². The number of likely N-dealkylation sites (tertiary alicyclic amines) is 1. The van der Waals surface area contributed by atoms with Crippen LogP contribution in [0.2, 0.25) is 0 Å². The van der Waals surface area contributed by atoms with Gasteiger partial charge in [0, 0.05) is 5.38 Å². The summed E-state index contributed by atoms with van der Waals surface area (Å²) in [5, 5.41) is 10.7. The molecule has 4 rings (SSSR count). The van der Waals surface area contributed by atoms with E-state index in [0.717, 1.165) is 48.6 Å². The van der Waals surface area contributed by atoms with Gasteiger partial charge in [-0.05, 0) is 43.8 Å². The fourth-order valence-electron chi connectivity index (χ4n) is 4.15. The molecular weight excluding hydrogens is 390 g/mol. The van der Waals surface area contributed by atoms with Crippen molar-refractivity contribution in [1.82, 2.24) is 9.88 Å². The Morgan fingerprint density at radius 3 is 2.59 bits per heavy atom. The number of aliphatic carboxylic acids is 1. The molecule has 1 N–H and O–H groups in total. The molecule has 2 aliphatic heterocycles. The summed E-state index contributed by atoms with van der Waals surface area (Å²) in [6.07, 6.45) is 3.00. The largest absolute Gasteiger partial charge is 0.481 e. The minimum atomic E-state index is -0.989. The summed E-state index contributed by atoms with van der Waals surface area (Å²) in [7, 11) is 0. The van der Waals surface area contributed by atoms with Gasteiger partial charge in [-0.1, -0.05) is 30.3 Å². The molecule has 8 heteroatoms. The average Bonchev–Trinajstić information content (AvgIpc) is 3.26. The van der Waals surface area contributed by atoms with Crippen molar-refractivity contribution in [2.24, 2.45) is 5.92 Å². The zero-order valence-corrected chi connectivity index (χ0v) is 16.8. The van der Waals surface area contributed by atoms with Crippen LogP contribution in [0.15, 0.2) is 35.7 Å². The van der Waals surface area contributed by atoms with Crippen molar-refractivity contribution in [1.29, 1.82) is 0 Å². The van der Waals surface area contributed by atoms with Crippen LogP contribution in [0, 0.1) is 5.92 Å².